The van der Waals surface area contributed by atoms with E-state index in [9.17, 15) is 13.2 Å². The molecule has 0 radical (unpaired) electrons. The van der Waals surface area contributed by atoms with E-state index >= 15 is 0 Å². The summed E-state index contributed by atoms with van der Waals surface area (Å²) < 4.78 is 25.6. The fourth-order valence-electron chi connectivity index (χ4n) is 2.31. The molecule has 0 amide bonds. The lowest BCUT2D eigenvalue weighted by molar-refractivity contribution is -0.137. The zero-order valence-corrected chi connectivity index (χ0v) is 11.2. The number of rotatable bonds is 8. The molecule has 0 aromatic carbocycles. The number of nitrogens with zero attached hydrogens (tertiary/aromatic N) is 1. The lowest BCUT2D eigenvalue weighted by Crippen LogP contribution is -2.37. The molecule has 0 aromatic rings. The van der Waals surface area contributed by atoms with Crippen LogP contribution < -0.4 is 0 Å². The molecule has 0 spiro atoms. The number of aliphatic hydroxyl groups is 1. The maximum absolute atomic E-state index is 12.1. The second-order valence-corrected chi connectivity index (χ2v) is 6.63. The van der Waals surface area contributed by atoms with Crippen molar-refractivity contribution in [3.63, 3.8) is 0 Å². The van der Waals surface area contributed by atoms with Crippen LogP contribution in [0.2, 0.25) is 0 Å². The topological polar surface area (TPSA) is 94.9 Å². The molecule has 1 unspecified atom stereocenters. The Morgan fingerprint density at radius 1 is 1.33 bits per heavy atom. The van der Waals surface area contributed by atoms with Crippen LogP contribution in [-0.4, -0.2) is 53.9 Å². The number of aliphatic hydroxyl groups excluding tert-OH is 1. The average Bonchev–Trinajstić information content (AvgIpc) is 2.74. The fraction of sp³-hybridized carbons (Fsp3) is 0.909. The summed E-state index contributed by atoms with van der Waals surface area (Å²) in [6.45, 7) is 0.592. The maximum atomic E-state index is 12.1. The van der Waals surface area contributed by atoms with Gasteiger partial charge >= 0.3 is 5.97 Å². The molecule has 1 heterocycles. The predicted molar refractivity (Wildman–Crippen MR) is 66.7 cm³/mol. The normalized spacial score (nSPS) is 21.3. The zero-order chi connectivity index (χ0) is 13.6. The molecule has 1 atom stereocenters. The van der Waals surface area contributed by atoms with Crippen LogP contribution in [0, 0.1) is 0 Å². The molecule has 1 rings (SSSR count). The van der Waals surface area contributed by atoms with Gasteiger partial charge in [0.25, 0.3) is 0 Å². The highest BCUT2D eigenvalue weighted by molar-refractivity contribution is 7.89. The number of aliphatic carboxylic acids is 1. The summed E-state index contributed by atoms with van der Waals surface area (Å²) in [6.07, 6.45) is 2.99. The van der Waals surface area contributed by atoms with E-state index in [4.69, 9.17) is 10.2 Å². The van der Waals surface area contributed by atoms with Crippen LogP contribution in [-0.2, 0) is 14.8 Å². The minimum atomic E-state index is -3.35. The average molecular weight is 279 g/mol. The summed E-state index contributed by atoms with van der Waals surface area (Å²) in [5.41, 5.74) is 0. The first-order valence-electron chi connectivity index (χ1n) is 6.29. The minimum Gasteiger partial charge on any atom is -0.481 e. The lowest BCUT2D eigenvalue weighted by atomic mass is 10.1. The number of carbonyl (C=O) groups is 1. The van der Waals surface area contributed by atoms with Crippen molar-refractivity contribution in [2.45, 2.75) is 44.6 Å². The molecular weight excluding hydrogens is 258 g/mol. The van der Waals surface area contributed by atoms with Crippen LogP contribution in [0.15, 0.2) is 0 Å². The molecule has 1 fully saturated rings. The summed E-state index contributed by atoms with van der Waals surface area (Å²) in [5, 5.41) is 17.3. The molecule has 106 valence electrons. The summed E-state index contributed by atoms with van der Waals surface area (Å²) in [5.74, 6) is -1.07. The van der Waals surface area contributed by atoms with E-state index in [1.807, 2.05) is 0 Å². The lowest BCUT2D eigenvalue weighted by Gasteiger charge is -2.23. The number of carboxylic acids is 1. The van der Waals surface area contributed by atoms with Gasteiger partial charge in [-0.3, -0.25) is 4.79 Å². The van der Waals surface area contributed by atoms with Crippen molar-refractivity contribution in [2.75, 3.05) is 18.9 Å². The zero-order valence-electron chi connectivity index (χ0n) is 10.4. The largest absolute Gasteiger partial charge is 0.481 e. The fourth-order valence-corrected chi connectivity index (χ4v) is 4.13. The van der Waals surface area contributed by atoms with Gasteiger partial charge in [0.05, 0.1) is 5.75 Å². The number of sulfonamides is 1. The Morgan fingerprint density at radius 3 is 2.67 bits per heavy atom. The highest BCUT2D eigenvalue weighted by Crippen LogP contribution is 2.25. The van der Waals surface area contributed by atoms with Gasteiger partial charge in [-0.15, -0.1) is 0 Å². The Labute approximate surface area is 108 Å². The minimum absolute atomic E-state index is 0.0213. The van der Waals surface area contributed by atoms with Gasteiger partial charge < -0.3 is 10.2 Å². The van der Waals surface area contributed by atoms with Crippen molar-refractivity contribution in [1.29, 1.82) is 0 Å². The van der Waals surface area contributed by atoms with Crippen molar-refractivity contribution in [3.8, 4) is 0 Å². The Balaban J connectivity index is 2.51. The molecule has 1 saturated heterocycles. The molecule has 6 nitrogen and oxygen atoms in total. The summed E-state index contributed by atoms with van der Waals surface area (Å²) in [6, 6.07) is -0.0213. The Morgan fingerprint density at radius 2 is 2.06 bits per heavy atom. The van der Waals surface area contributed by atoms with E-state index < -0.39 is 16.0 Å². The first kappa shape index (κ1) is 15.4. The molecule has 0 bridgehead atoms. The van der Waals surface area contributed by atoms with Gasteiger partial charge in [-0.05, 0) is 32.1 Å². The van der Waals surface area contributed by atoms with Crippen molar-refractivity contribution in [2.24, 2.45) is 0 Å². The van der Waals surface area contributed by atoms with E-state index in [0.717, 1.165) is 12.8 Å². The SMILES string of the molecule is O=C(O)CCCS(=O)(=O)N1CCCC1CCCO. The number of hydrogen-bond acceptors (Lipinski definition) is 4. The number of hydrogen-bond donors (Lipinski definition) is 2. The van der Waals surface area contributed by atoms with Gasteiger partial charge in [0.15, 0.2) is 0 Å². The molecule has 18 heavy (non-hydrogen) atoms. The molecular formula is C11H21NO5S. The van der Waals surface area contributed by atoms with Crippen LogP contribution >= 0.6 is 0 Å². The molecule has 1 aliphatic heterocycles. The molecule has 0 saturated carbocycles. The van der Waals surface area contributed by atoms with Crippen molar-refractivity contribution < 1.29 is 23.4 Å². The third kappa shape index (κ3) is 4.55. The van der Waals surface area contributed by atoms with Crippen molar-refractivity contribution in [3.05, 3.63) is 0 Å². The standard InChI is InChI=1S/C11H21NO5S/c13-8-2-5-10-4-1-7-12(10)18(16,17)9-3-6-11(14)15/h10,13H,1-9H2,(H,14,15). The summed E-state index contributed by atoms with van der Waals surface area (Å²) in [7, 11) is -3.35. The van der Waals surface area contributed by atoms with Crippen LogP contribution in [0.1, 0.15) is 38.5 Å². The predicted octanol–water partition coefficient (Wildman–Crippen LogP) is 0.418. The van der Waals surface area contributed by atoms with Gasteiger partial charge in [0, 0.05) is 25.6 Å². The van der Waals surface area contributed by atoms with E-state index in [1.165, 1.54) is 4.31 Å². The van der Waals surface area contributed by atoms with E-state index in [-0.39, 0.29) is 31.2 Å². The third-order valence-electron chi connectivity index (χ3n) is 3.17. The van der Waals surface area contributed by atoms with Gasteiger partial charge in [0.1, 0.15) is 0 Å². The van der Waals surface area contributed by atoms with E-state index in [2.05, 4.69) is 0 Å². The molecule has 1 aliphatic rings. The molecule has 0 aliphatic carbocycles. The molecule has 0 aromatic heterocycles. The van der Waals surface area contributed by atoms with Crippen LogP contribution in [0.4, 0.5) is 0 Å². The van der Waals surface area contributed by atoms with Crippen LogP contribution in [0.5, 0.6) is 0 Å². The Hall–Kier alpha value is -0.660. The Bertz CT molecular complexity index is 368. The summed E-state index contributed by atoms with van der Waals surface area (Å²) >= 11 is 0. The highest BCUT2D eigenvalue weighted by atomic mass is 32.2. The Kier molecular flexibility index (Phi) is 6.04. The van der Waals surface area contributed by atoms with Gasteiger partial charge in [0.2, 0.25) is 10.0 Å². The van der Waals surface area contributed by atoms with Crippen LogP contribution in [0.3, 0.4) is 0 Å². The third-order valence-corrected chi connectivity index (χ3v) is 5.17. The van der Waals surface area contributed by atoms with Crippen LogP contribution in [0.25, 0.3) is 0 Å². The molecule has 2 N–H and O–H groups in total. The maximum Gasteiger partial charge on any atom is 0.303 e. The van der Waals surface area contributed by atoms with Gasteiger partial charge in [-0.1, -0.05) is 0 Å². The van der Waals surface area contributed by atoms with E-state index in [1.54, 1.807) is 0 Å². The molecule has 7 heteroatoms. The second kappa shape index (κ2) is 7.06. The van der Waals surface area contributed by atoms with Gasteiger partial charge in [-0.25, -0.2) is 8.42 Å². The number of carboxylic acid groups (broad SMARTS) is 1. The monoisotopic (exact) mass is 279 g/mol. The highest BCUT2D eigenvalue weighted by Gasteiger charge is 2.33. The van der Waals surface area contributed by atoms with Crippen molar-refractivity contribution >= 4 is 16.0 Å². The second-order valence-electron chi connectivity index (χ2n) is 4.59. The first-order valence-corrected chi connectivity index (χ1v) is 7.90. The van der Waals surface area contributed by atoms with Gasteiger partial charge in [-0.2, -0.15) is 4.31 Å². The quantitative estimate of drug-likeness (QED) is 0.671. The van der Waals surface area contributed by atoms with Crippen molar-refractivity contribution in [1.82, 2.24) is 4.31 Å². The smallest absolute Gasteiger partial charge is 0.303 e. The summed E-state index contributed by atoms with van der Waals surface area (Å²) in [4.78, 5) is 10.4. The van der Waals surface area contributed by atoms with E-state index in [0.29, 0.717) is 19.4 Å². The first-order chi connectivity index (χ1) is 8.47.